The van der Waals surface area contributed by atoms with Crippen LogP contribution in [0.2, 0.25) is 0 Å². The number of aromatic nitrogens is 1. The van der Waals surface area contributed by atoms with Gasteiger partial charge in [0.15, 0.2) is 0 Å². The van der Waals surface area contributed by atoms with Crippen LogP contribution in [0.3, 0.4) is 0 Å². The van der Waals surface area contributed by atoms with Gasteiger partial charge in [-0.2, -0.15) is 13.2 Å². The second kappa shape index (κ2) is 4.65. The summed E-state index contributed by atoms with van der Waals surface area (Å²) in [7, 11) is 0. The van der Waals surface area contributed by atoms with Crippen LogP contribution in [0.4, 0.5) is 13.2 Å². The number of hydrogen-bond acceptors (Lipinski definition) is 4. The van der Waals surface area contributed by atoms with Crippen molar-refractivity contribution in [3.05, 3.63) is 40.4 Å². The summed E-state index contributed by atoms with van der Waals surface area (Å²) in [6.45, 7) is 1.51. The molecule has 0 saturated heterocycles. The molecule has 0 unspecified atom stereocenters. The van der Waals surface area contributed by atoms with Crippen LogP contribution in [0.15, 0.2) is 24.3 Å². The summed E-state index contributed by atoms with van der Waals surface area (Å²) in [4.78, 5) is 14.8. The minimum absolute atomic E-state index is 0.0186. The highest BCUT2D eigenvalue weighted by Crippen LogP contribution is 2.32. The van der Waals surface area contributed by atoms with Gasteiger partial charge in [0.05, 0.1) is 22.1 Å². The molecule has 19 heavy (non-hydrogen) atoms. The lowest BCUT2D eigenvalue weighted by molar-refractivity contribution is -0.254. The molecule has 0 radical (unpaired) electrons. The van der Waals surface area contributed by atoms with Crippen LogP contribution in [0, 0.1) is 6.92 Å². The molecule has 0 spiro atoms. The van der Waals surface area contributed by atoms with E-state index in [9.17, 15) is 23.1 Å². The number of benzene rings is 1. The number of carboxylic acids is 1. The van der Waals surface area contributed by atoms with Crippen LogP contribution in [0.5, 0.6) is 0 Å². The maximum absolute atomic E-state index is 12.4. The number of thiazole rings is 1. The standard InChI is InChI=1S/C12H8F3NO2S/c1-6-9(11(17)18)19-10(16-6)7-2-4-8(5-3-7)12(13,14)15/h2-5H,1H3,(H,17,18)/p-1. The van der Waals surface area contributed by atoms with E-state index in [0.29, 0.717) is 16.3 Å². The molecule has 0 bridgehead atoms. The van der Waals surface area contributed by atoms with Gasteiger partial charge in [-0.25, -0.2) is 4.98 Å². The molecule has 0 saturated carbocycles. The molecule has 7 heteroatoms. The van der Waals surface area contributed by atoms with Crippen molar-refractivity contribution in [1.82, 2.24) is 4.98 Å². The fraction of sp³-hybridized carbons (Fsp3) is 0.167. The van der Waals surface area contributed by atoms with E-state index in [1.807, 2.05) is 0 Å². The molecular formula is C12H7F3NO2S-. The molecule has 1 aromatic carbocycles. The van der Waals surface area contributed by atoms with E-state index in [2.05, 4.69) is 4.98 Å². The lowest BCUT2D eigenvalue weighted by Crippen LogP contribution is -2.21. The van der Waals surface area contributed by atoms with Gasteiger partial charge in [0.1, 0.15) is 5.01 Å². The van der Waals surface area contributed by atoms with Gasteiger partial charge < -0.3 is 9.90 Å². The van der Waals surface area contributed by atoms with E-state index in [4.69, 9.17) is 0 Å². The van der Waals surface area contributed by atoms with E-state index in [0.717, 1.165) is 23.5 Å². The number of halogens is 3. The largest absolute Gasteiger partial charge is 0.544 e. The lowest BCUT2D eigenvalue weighted by Gasteiger charge is -2.06. The number of aromatic carboxylic acids is 1. The molecule has 1 aromatic heterocycles. The Balaban J connectivity index is 2.38. The molecular weight excluding hydrogens is 279 g/mol. The van der Waals surface area contributed by atoms with Gasteiger partial charge in [-0.3, -0.25) is 0 Å². The van der Waals surface area contributed by atoms with E-state index < -0.39 is 17.7 Å². The first-order valence-electron chi connectivity index (χ1n) is 5.15. The van der Waals surface area contributed by atoms with E-state index >= 15 is 0 Å². The fourth-order valence-corrected chi connectivity index (χ4v) is 2.42. The summed E-state index contributed by atoms with van der Waals surface area (Å²) in [5.74, 6) is -1.34. The van der Waals surface area contributed by atoms with Crippen molar-refractivity contribution in [2.75, 3.05) is 0 Å². The SMILES string of the molecule is Cc1nc(-c2ccc(C(F)(F)F)cc2)sc1C(=O)[O-]. The normalized spacial score (nSPS) is 11.6. The topological polar surface area (TPSA) is 53.0 Å². The zero-order chi connectivity index (χ0) is 14.2. The van der Waals surface area contributed by atoms with Crippen molar-refractivity contribution < 1.29 is 23.1 Å². The molecule has 0 N–H and O–H groups in total. The molecule has 0 aliphatic carbocycles. The summed E-state index contributed by atoms with van der Waals surface area (Å²) in [6, 6.07) is 4.40. The Bertz CT molecular complexity index is 617. The van der Waals surface area contributed by atoms with Crippen molar-refractivity contribution in [1.29, 1.82) is 0 Å². The van der Waals surface area contributed by atoms with Crippen LogP contribution in [0.25, 0.3) is 10.6 Å². The highest BCUT2D eigenvalue weighted by atomic mass is 32.1. The van der Waals surface area contributed by atoms with Crippen molar-refractivity contribution in [3.8, 4) is 10.6 Å². The molecule has 1 heterocycles. The number of nitrogens with zero attached hydrogens (tertiary/aromatic N) is 1. The third kappa shape index (κ3) is 2.76. The first-order chi connectivity index (χ1) is 8.79. The molecule has 0 fully saturated rings. The Morgan fingerprint density at radius 2 is 1.84 bits per heavy atom. The summed E-state index contributed by atoms with van der Waals surface area (Å²) < 4.78 is 37.2. The lowest BCUT2D eigenvalue weighted by atomic mass is 10.1. The van der Waals surface area contributed by atoms with Crippen LogP contribution in [-0.2, 0) is 6.18 Å². The zero-order valence-corrected chi connectivity index (χ0v) is 10.4. The van der Waals surface area contributed by atoms with Crippen molar-refractivity contribution in [2.24, 2.45) is 0 Å². The highest BCUT2D eigenvalue weighted by molar-refractivity contribution is 7.17. The Morgan fingerprint density at radius 3 is 2.26 bits per heavy atom. The van der Waals surface area contributed by atoms with Crippen LogP contribution in [0.1, 0.15) is 20.9 Å². The van der Waals surface area contributed by atoms with E-state index in [1.54, 1.807) is 0 Å². The van der Waals surface area contributed by atoms with Crippen molar-refractivity contribution in [2.45, 2.75) is 13.1 Å². The zero-order valence-electron chi connectivity index (χ0n) is 9.62. The monoisotopic (exact) mass is 286 g/mol. The van der Waals surface area contributed by atoms with E-state index in [-0.39, 0.29) is 4.88 Å². The average molecular weight is 286 g/mol. The fourth-order valence-electron chi connectivity index (χ4n) is 1.51. The summed E-state index contributed by atoms with van der Waals surface area (Å²) in [5.41, 5.74) is -0.0295. The summed E-state index contributed by atoms with van der Waals surface area (Å²) in [5, 5.41) is 11.1. The molecule has 0 amide bonds. The first-order valence-corrected chi connectivity index (χ1v) is 5.97. The molecule has 2 aromatic rings. The molecule has 0 aliphatic rings. The number of aryl methyl sites for hydroxylation is 1. The van der Waals surface area contributed by atoms with Gasteiger partial charge in [-0.05, 0) is 19.1 Å². The molecule has 0 aliphatic heterocycles. The average Bonchev–Trinajstić information content (AvgIpc) is 2.70. The quantitative estimate of drug-likeness (QED) is 0.852. The molecule has 100 valence electrons. The Labute approximate surface area is 110 Å². The predicted molar refractivity (Wildman–Crippen MR) is 61.6 cm³/mol. The van der Waals surface area contributed by atoms with Gasteiger partial charge in [-0.1, -0.05) is 12.1 Å². The molecule has 2 rings (SSSR count). The number of carbonyl (C=O) groups excluding carboxylic acids is 1. The van der Waals surface area contributed by atoms with Gasteiger partial charge in [0.2, 0.25) is 0 Å². The third-order valence-electron chi connectivity index (χ3n) is 2.44. The van der Waals surface area contributed by atoms with Crippen LogP contribution in [-0.4, -0.2) is 11.0 Å². The van der Waals surface area contributed by atoms with Gasteiger partial charge in [-0.15, -0.1) is 11.3 Å². The molecule has 3 nitrogen and oxygen atoms in total. The first kappa shape index (κ1) is 13.5. The minimum Gasteiger partial charge on any atom is -0.544 e. The maximum Gasteiger partial charge on any atom is 0.416 e. The Morgan fingerprint density at radius 1 is 1.26 bits per heavy atom. The van der Waals surface area contributed by atoms with Gasteiger partial charge in [0.25, 0.3) is 0 Å². The van der Waals surface area contributed by atoms with Crippen molar-refractivity contribution >= 4 is 17.3 Å². The number of carboxylic acid groups (broad SMARTS) is 1. The maximum atomic E-state index is 12.4. The summed E-state index contributed by atoms with van der Waals surface area (Å²) in [6.07, 6.45) is -4.40. The number of alkyl halides is 3. The van der Waals surface area contributed by atoms with Gasteiger partial charge >= 0.3 is 6.18 Å². The van der Waals surface area contributed by atoms with Gasteiger partial charge in [0, 0.05) is 5.56 Å². The third-order valence-corrected chi connectivity index (χ3v) is 3.63. The van der Waals surface area contributed by atoms with Crippen LogP contribution >= 0.6 is 11.3 Å². The Hall–Kier alpha value is -1.89. The summed E-state index contributed by atoms with van der Waals surface area (Å²) >= 11 is 0.880. The number of carbonyl (C=O) groups is 1. The number of rotatable bonds is 2. The second-order valence-electron chi connectivity index (χ2n) is 3.80. The number of hydrogen-bond donors (Lipinski definition) is 0. The predicted octanol–water partition coefficient (Wildman–Crippen LogP) is 2.50. The second-order valence-corrected chi connectivity index (χ2v) is 4.80. The smallest absolute Gasteiger partial charge is 0.416 e. The highest BCUT2D eigenvalue weighted by Gasteiger charge is 2.30. The van der Waals surface area contributed by atoms with Crippen LogP contribution < -0.4 is 5.11 Å². The minimum atomic E-state index is -4.40. The van der Waals surface area contributed by atoms with Crippen molar-refractivity contribution in [3.63, 3.8) is 0 Å². The Kier molecular flexibility index (Phi) is 3.32. The van der Waals surface area contributed by atoms with E-state index in [1.165, 1.54) is 19.1 Å². The molecule has 0 atom stereocenters.